The van der Waals surface area contributed by atoms with Gasteiger partial charge in [-0.15, -0.1) is 10.2 Å². The number of rotatable bonds is 3. The third-order valence-corrected chi connectivity index (χ3v) is 5.54. The highest BCUT2D eigenvalue weighted by atomic mass is 16.2. The number of hydrogen-bond acceptors (Lipinski definition) is 6. The van der Waals surface area contributed by atoms with Crippen molar-refractivity contribution in [3.63, 3.8) is 0 Å². The number of carbonyl (C=O) groups is 1. The van der Waals surface area contributed by atoms with Crippen molar-refractivity contribution >= 4 is 11.7 Å². The van der Waals surface area contributed by atoms with Crippen molar-refractivity contribution in [2.75, 3.05) is 51.2 Å². The molecular weight excluding hydrogens is 340 g/mol. The van der Waals surface area contributed by atoms with Crippen LogP contribution in [-0.2, 0) is 4.79 Å². The van der Waals surface area contributed by atoms with E-state index in [0.717, 1.165) is 69.2 Å². The molecule has 1 amide bonds. The van der Waals surface area contributed by atoms with Crippen LogP contribution in [0.3, 0.4) is 0 Å². The number of nitrogens with zero attached hydrogens (tertiary/aromatic N) is 6. The first-order chi connectivity index (χ1) is 13.2. The van der Waals surface area contributed by atoms with Gasteiger partial charge in [-0.25, -0.2) is 0 Å². The average molecular weight is 366 g/mol. The molecule has 0 aromatic carbocycles. The molecule has 1 atom stereocenters. The van der Waals surface area contributed by atoms with E-state index in [2.05, 4.69) is 32.0 Å². The summed E-state index contributed by atoms with van der Waals surface area (Å²) >= 11 is 0. The zero-order valence-electron chi connectivity index (χ0n) is 15.8. The van der Waals surface area contributed by atoms with Crippen LogP contribution in [0, 0.1) is 5.92 Å². The molecule has 2 fully saturated rings. The molecular formula is C20H26N6O. The quantitative estimate of drug-likeness (QED) is 0.821. The molecule has 7 nitrogen and oxygen atoms in total. The van der Waals surface area contributed by atoms with Crippen LogP contribution in [0.2, 0.25) is 0 Å². The normalized spacial score (nSPS) is 21.3. The van der Waals surface area contributed by atoms with Gasteiger partial charge in [0.2, 0.25) is 5.91 Å². The fourth-order valence-electron chi connectivity index (χ4n) is 3.84. The van der Waals surface area contributed by atoms with Crippen LogP contribution >= 0.6 is 0 Å². The fourth-order valence-corrected chi connectivity index (χ4v) is 3.84. The fraction of sp³-hybridized carbons (Fsp3) is 0.500. The molecule has 0 aliphatic carbocycles. The number of hydrogen-bond donors (Lipinski definition) is 0. The summed E-state index contributed by atoms with van der Waals surface area (Å²) in [5.41, 5.74) is 1.84. The maximum atomic E-state index is 12.9. The van der Waals surface area contributed by atoms with E-state index in [1.165, 1.54) is 0 Å². The second-order valence-electron chi connectivity index (χ2n) is 7.43. The van der Waals surface area contributed by atoms with Crippen molar-refractivity contribution in [2.24, 2.45) is 5.92 Å². The summed E-state index contributed by atoms with van der Waals surface area (Å²) in [6, 6.07) is 7.85. The van der Waals surface area contributed by atoms with Gasteiger partial charge in [0.25, 0.3) is 0 Å². The molecule has 2 aromatic rings. The van der Waals surface area contributed by atoms with E-state index in [4.69, 9.17) is 0 Å². The van der Waals surface area contributed by atoms with E-state index in [1.54, 1.807) is 12.4 Å². The highest BCUT2D eigenvalue weighted by molar-refractivity contribution is 5.80. The van der Waals surface area contributed by atoms with Crippen molar-refractivity contribution in [2.45, 2.75) is 12.8 Å². The van der Waals surface area contributed by atoms with Crippen LogP contribution in [-0.4, -0.2) is 77.2 Å². The van der Waals surface area contributed by atoms with Crippen molar-refractivity contribution < 1.29 is 4.79 Å². The minimum absolute atomic E-state index is 0.0591. The van der Waals surface area contributed by atoms with Gasteiger partial charge in [-0.1, -0.05) is 0 Å². The first kappa shape index (κ1) is 17.9. The molecule has 4 rings (SSSR count). The number of likely N-dealkylation sites (N-methyl/N-ethyl adjacent to an activating group) is 1. The number of anilines is 1. The van der Waals surface area contributed by atoms with Gasteiger partial charge in [-0.2, -0.15) is 0 Å². The van der Waals surface area contributed by atoms with Crippen molar-refractivity contribution in [3.05, 3.63) is 36.7 Å². The molecule has 0 bridgehead atoms. The number of piperidine rings is 1. The highest BCUT2D eigenvalue weighted by Gasteiger charge is 2.31. The first-order valence-corrected chi connectivity index (χ1v) is 9.67. The number of aromatic nitrogens is 3. The lowest BCUT2D eigenvalue weighted by Gasteiger charge is -2.38. The predicted molar refractivity (Wildman–Crippen MR) is 104 cm³/mol. The molecule has 0 saturated carbocycles. The molecule has 0 radical (unpaired) electrons. The molecule has 2 aliphatic heterocycles. The van der Waals surface area contributed by atoms with Crippen molar-refractivity contribution in [1.29, 1.82) is 0 Å². The van der Waals surface area contributed by atoms with Gasteiger partial charge in [-0.3, -0.25) is 9.78 Å². The Labute approximate surface area is 160 Å². The molecule has 0 spiro atoms. The van der Waals surface area contributed by atoms with Crippen LogP contribution in [0.15, 0.2) is 36.7 Å². The topological polar surface area (TPSA) is 65.5 Å². The van der Waals surface area contributed by atoms with Crippen LogP contribution < -0.4 is 4.90 Å². The summed E-state index contributed by atoms with van der Waals surface area (Å²) in [4.78, 5) is 23.5. The summed E-state index contributed by atoms with van der Waals surface area (Å²) in [7, 11) is 2.11. The molecule has 2 aromatic heterocycles. The zero-order chi connectivity index (χ0) is 18.6. The van der Waals surface area contributed by atoms with Gasteiger partial charge >= 0.3 is 0 Å². The Hall–Kier alpha value is -2.54. The zero-order valence-corrected chi connectivity index (χ0v) is 15.8. The summed E-state index contributed by atoms with van der Waals surface area (Å²) in [5.74, 6) is 1.21. The molecule has 0 N–H and O–H groups in total. The van der Waals surface area contributed by atoms with Gasteiger partial charge in [0.1, 0.15) is 0 Å². The van der Waals surface area contributed by atoms with Gasteiger partial charge in [0.15, 0.2) is 5.82 Å². The lowest BCUT2D eigenvalue weighted by molar-refractivity contribution is -0.137. The molecule has 4 heterocycles. The van der Waals surface area contributed by atoms with E-state index in [-0.39, 0.29) is 5.92 Å². The Morgan fingerprint density at radius 3 is 2.48 bits per heavy atom. The third kappa shape index (κ3) is 4.08. The van der Waals surface area contributed by atoms with Crippen LogP contribution in [0.4, 0.5) is 5.82 Å². The third-order valence-electron chi connectivity index (χ3n) is 5.54. The van der Waals surface area contributed by atoms with E-state index < -0.39 is 0 Å². The summed E-state index contributed by atoms with van der Waals surface area (Å²) in [6.45, 7) is 5.26. The SMILES string of the molecule is CN1CCN(C(=O)C2CCCN(c3ccc(-c4ccncc4)nn3)C2)CC1. The van der Waals surface area contributed by atoms with Gasteiger partial charge in [0.05, 0.1) is 11.6 Å². The molecule has 1 unspecified atom stereocenters. The summed E-state index contributed by atoms with van der Waals surface area (Å²) < 4.78 is 0. The standard InChI is InChI=1S/C20H26N6O/c1-24-11-13-25(14-12-24)20(27)17-3-2-10-26(15-17)19-5-4-18(22-23-19)16-6-8-21-9-7-16/h4-9,17H,2-3,10-15H2,1H3. The van der Waals surface area contributed by atoms with Crippen LogP contribution in [0.25, 0.3) is 11.3 Å². The lowest BCUT2D eigenvalue weighted by Crippen LogP contribution is -2.51. The number of amides is 1. The molecule has 2 saturated heterocycles. The second-order valence-corrected chi connectivity index (χ2v) is 7.43. The molecule has 142 valence electrons. The average Bonchev–Trinajstić information content (AvgIpc) is 2.75. The monoisotopic (exact) mass is 366 g/mol. The van der Waals surface area contributed by atoms with E-state index in [1.807, 2.05) is 29.2 Å². The maximum absolute atomic E-state index is 12.9. The van der Waals surface area contributed by atoms with Crippen LogP contribution in [0.1, 0.15) is 12.8 Å². The summed E-state index contributed by atoms with van der Waals surface area (Å²) in [5, 5.41) is 8.79. The number of carbonyl (C=O) groups excluding carboxylic acids is 1. The van der Waals surface area contributed by atoms with Crippen molar-refractivity contribution in [1.82, 2.24) is 25.0 Å². The van der Waals surface area contributed by atoms with Crippen LogP contribution in [0.5, 0.6) is 0 Å². The smallest absolute Gasteiger partial charge is 0.227 e. The molecule has 2 aliphatic rings. The Morgan fingerprint density at radius 1 is 1.00 bits per heavy atom. The van der Waals surface area contributed by atoms with E-state index in [9.17, 15) is 4.79 Å². The van der Waals surface area contributed by atoms with Gasteiger partial charge in [-0.05, 0) is 44.2 Å². The van der Waals surface area contributed by atoms with Crippen molar-refractivity contribution in [3.8, 4) is 11.3 Å². The minimum Gasteiger partial charge on any atom is -0.354 e. The molecule has 27 heavy (non-hydrogen) atoms. The van der Waals surface area contributed by atoms with E-state index >= 15 is 0 Å². The Bertz CT molecular complexity index is 758. The molecule has 7 heteroatoms. The number of piperazine rings is 1. The number of pyridine rings is 1. The minimum atomic E-state index is 0.0591. The predicted octanol–water partition coefficient (Wildman–Crippen LogP) is 1.53. The maximum Gasteiger partial charge on any atom is 0.227 e. The Kier molecular flexibility index (Phi) is 5.29. The first-order valence-electron chi connectivity index (χ1n) is 9.67. The second kappa shape index (κ2) is 8.00. The van der Waals surface area contributed by atoms with Gasteiger partial charge < -0.3 is 14.7 Å². The largest absolute Gasteiger partial charge is 0.354 e. The Balaban J connectivity index is 1.41. The summed E-state index contributed by atoms with van der Waals surface area (Å²) in [6.07, 6.45) is 5.48. The Morgan fingerprint density at radius 2 is 1.78 bits per heavy atom. The van der Waals surface area contributed by atoms with Gasteiger partial charge in [0, 0.05) is 57.2 Å². The van der Waals surface area contributed by atoms with E-state index in [0.29, 0.717) is 5.91 Å². The lowest BCUT2D eigenvalue weighted by atomic mass is 9.96. The highest BCUT2D eigenvalue weighted by Crippen LogP contribution is 2.24.